The first-order valence-corrected chi connectivity index (χ1v) is 6.01. The van der Waals surface area contributed by atoms with Gasteiger partial charge in [-0.1, -0.05) is 29.8 Å². The number of ketones is 1. The maximum atomic E-state index is 12.7. The summed E-state index contributed by atoms with van der Waals surface area (Å²) in [6.45, 7) is 1.87. The van der Waals surface area contributed by atoms with Crippen molar-refractivity contribution in [1.82, 2.24) is 0 Å². The fraction of sp³-hybridized carbons (Fsp3) is 0.500. The number of rotatable bonds is 2. The Balaban J connectivity index is 2.42. The van der Waals surface area contributed by atoms with Gasteiger partial charge in [-0.25, -0.2) is 0 Å². The molecule has 18 heavy (non-hydrogen) atoms. The van der Waals surface area contributed by atoms with Crippen molar-refractivity contribution in [1.29, 1.82) is 0 Å². The van der Waals surface area contributed by atoms with E-state index in [-0.39, 0.29) is 12.2 Å². The Kier molecular flexibility index (Phi) is 3.21. The number of Topliss-reactive ketones (excluding diaryl/α,β-unsaturated/α-hetero) is 1. The lowest BCUT2D eigenvalue weighted by atomic mass is 9.75. The van der Waals surface area contributed by atoms with Gasteiger partial charge in [0.25, 0.3) is 0 Å². The Morgan fingerprint density at radius 1 is 1.22 bits per heavy atom. The van der Waals surface area contributed by atoms with E-state index in [4.69, 9.17) is 0 Å². The Hall–Kier alpha value is -1.32. The maximum absolute atomic E-state index is 12.7. The van der Waals surface area contributed by atoms with Crippen LogP contribution in [0.15, 0.2) is 24.3 Å². The monoisotopic (exact) mass is 256 g/mol. The molecule has 0 radical (unpaired) electrons. The highest BCUT2D eigenvalue weighted by Gasteiger charge is 2.50. The van der Waals surface area contributed by atoms with Crippen LogP contribution in [0.2, 0.25) is 0 Å². The van der Waals surface area contributed by atoms with Crippen LogP contribution in [-0.2, 0) is 10.2 Å². The Morgan fingerprint density at radius 2 is 1.83 bits per heavy atom. The van der Waals surface area contributed by atoms with Crippen molar-refractivity contribution in [3.05, 3.63) is 35.4 Å². The quantitative estimate of drug-likeness (QED) is 0.783. The minimum atomic E-state index is -4.31. The highest BCUT2D eigenvalue weighted by Crippen LogP contribution is 2.45. The van der Waals surface area contributed by atoms with E-state index in [1.54, 1.807) is 24.3 Å². The van der Waals surface area contributed by atoms with E-state index in [1.807, 2.05) is 6.92 Å². The van der Waals surface area contributed by atoms with E-state index in [0.717, 1.165) is 5.56 Å². The minimum absolute atomic E-state index is 0.254. The summed E-state index contributed by atoms with van der Waals surface area (Å²) in [7, 11) is 0. The second-order valence-electron chi connectivity index (χ2n) is 5.02. The van der Waals surface area contributed by atoms with Gasteiger partial charge in [0, 0.05) is 6.42 Å². The lowest BCUT2D eigenvalue weighted by Crippen LogP contribution is -2.36. The van der Waals surface area contributed by atoms with Crippen LogP contribution in [0.5, 0.6) is 0 Å². The second kappa shape index (κ2) is 4.41. The van der Waals surface area contributed by atoms with Gasteiger partial charge in [0.1, 0.15) is 5.78 Å². The zero-order chi connectivity index (χ0) is 13.4. The lowest BCUT2D eigenvalue weighted by molar-refractivity contribution is -0.155. The summed E-state index contributed by atoms with van der Waals surface area (Å²) < 4.78 is 38.2. The molecule has 4 heteroatoms. The van der Waals surface area contributed by atoms with E-state index >= 15 is 0 Å². The standard InChI is InChI=1S/C14H15F3O/c1-10-4-6-11(7-5-10)13(9-14(15,16)17)8-2-3-12(13)18/h4-7H,2-3,8-9H2,1H3. The van der Waals surface area contributed by atoms with Crippen LogP contribution in [0.25, 0.3) is 0 Å². The first-order chi connectivity index (χ1) is 8.33. The molecule has 1 atom stereocenters. The maximum Gasteiger partial charge on any atom is 0.390 e. The fourth-order valence-corrected chi connectivity index (χ4v) is 2.74. The largest absolute Gasteiger partial charge is 0.390 e. The van der Waals surface area contributed by atoms with Crippen LogP contribution in [0, 0.1) is 6.92 Å². The van der Waals surface area contributed by atoms with E-state index in [1.165, 1.54) is 0 Å². The summed E-state index contributed by atoms with van der Waals surface area (Å²) in [5, 5.41) is 0. The van der Waals surface area contributed by atoms with E-state index in [9.17, 15) is 18.0 Å². The van der Waals surface area contributed by atoms with Crippen molar-refractivity contribution in [2.24, 2.45) is 0 Å². The molecule has 0 saturated heterocycles. The predicted octanol–water partition coefficient (Wildman–Crippen LogP) is 3.94. The van der Waals surface area contributed by atoms with Gasteiger partial charge >= 0.3 is 6.18 Å². The van der Waals surface area contributed by atoms with Crippen molar-refractivity contribution >= 4 is 5.78 Å². The number of halogens is 3. The van der Waals surface area contributed by atoms with Gasteiger partial charge in [0.2, 0.25) is 0 Å². The van der Waals surface area contributed by atoms with Crippen molar-refractivity contribution < 1.29 is 18.0 Å². The third-order valence-corrected chi connectivity index (χ3v) is 3.65. The van der Waals surface area contributed by atoms with Gasteiger partial charge in [0.15, 0.2) is 0 Å². The first kappa shape index (κ1) is 13.1. The van der Waals surface area contributed by atoms with Crippen molar-refractivity contribution in [3.63, 3.8) is 0 Å². The number of alkyl halides is 3. The molecule has 2 rings (SSSR count). The number of hydrogen-bond donors (Lipinski definition) is 0. The zero-order valence-corrected chi connectivity index (χ0v) is 10.2. The van der Waals surface area contributed by atoms with Gasteiger partial charge in [-0.2, -0.15) is 13.2 Å². The van der Waals surface area contributed by atoms with Gasteiger partial charge < -0.3 is 0 Å². The molecule has 0 aromatic heterocycles. The molecule has 1 saturated carbocycles. The molecule has 1 aliphatic carbocycles. The van der Waals surface area contributed by atoms with Crippen LogP contribution in [0.4, 0.5) is 13.2 Å². The summed E-state index contributed by atoms with van der Waals surface area (Å²) in [5.41, 5.74) is 0.144. The van der Waals surface area contributed by atoms with Gasteiger partial charge in [-0.05, 0) is 25.3 Å². The third kappa shape index (κ3) is 2.42. The minimum Gasteiger partial charge on any atom is -0.299 e. The lowest BCUT2D eigenvalue weighted by Gasteiger charge is -2.29. The molecular formula is C14H15F3O. The SMILES string of the molecule is Cc1ccc(C2(CC(F)(F)F)CCCC2=O)cc1. The number of carbonyl (C=O) groups is 1. The molecule has 1 aromatic rings. The van der Waals surface area contributed by atoms with Gasteiger partial charge in [0.05, 0.1) is 11.8 Å². The molecule has 98 valence electrons. The normalized spacial score (nSPS) is 24.6. The molecule has 0 heterocycles. The Bertz CT molecular complexity index is 447. The molecule has 0 spiro atoms. The van der Waals surface area contributed by atoms with Crippen molar-refractivity contribution in [3.8, 4) is 0 Å². The second-order valence-corrected chi connectivity index (χ2v) is 5.02. The Morgan fingerprint density at radius 3 is 2.28 bits per heavy atom. The fourth-order valence-electron chi connectivity index (χ4n) is 2.74. The van der Waals surface area contributed by atoms with E-state index in [2.05, 4.69) is 0 Å². The van der Waals surface area contributed by atoms with Crippen molar-refractivity contribution in [2.75, 3.05) is 0 Å². The van der Waals surface area contributed by atoms with E-state index in [0.29, 0.717) is 18.4 Å². The number of carbonyl (C=O) groups excluding carboxylic acids is 1. The molecule has 1 nitrogen and oxygen atoms in total. The van der Waals surface area contributed by atoms with Crippen LogP contribution in [0.3, 0.4) is 0 Å². The predicted molar refractivity (Wildman–Crippen MR) is 62.4 cm³/mol. The molecule has 0 aliphatic heterocycles. The molecule has 1 unspecified atom stereocenters. The highest BCUT2D eigenvalue weighted by molar-refractivity contribution is 5.92. The topological polar surface area (TPSA) is 17.1 Å². The van der Waals surface area contributed by atoms with Gasteiger partial charge in [-0.15, -0.1) is 0 Å². The van der Waals surface area contributed by atoms with Crippen LogP contribution < -0.4 is 0 Å². The summed E-state index contributed by atoms with van der Waals surface area (Å²) >= 11 is 0. The van der Waals surface area contributed by atoms with E-state index < -0.39 is 18.0 Å². The van der Waals surface area contributed by atoms with Crippen molar-refractivity contribution in [2.45, 2.75) is 44.2 Å². The smallest absolute Gasteiger partial charge is 0.299 e. The average Bonchev–Trinajstić information content (AvgIpc) is 2.60. The molecule has 1 aromatic carbocycles. The van der Waals surface area contributed by atoms with Crippen LogP contribution >= 0.6 is 0 Å². The molecule has 0 amide bonds. The Labute approximate surface area is 104 Å². The van der Waals surface area contributed by atoms with Gasteiger partial charge in [-0.3, -0.25) is 4.79 Å². The third-order valence-electron chi connectivity index (χ3n) is 3.65. The molecule has 1 aliphatic rings. The number of hydrogen-bond acceptors (Lipinski definition) is 1. The van der Waals surface area contributed by atoms with Crippen LogP contribution in [-0.4, -0.2) is 12.0 Å². The molecule has 0 N–H and O–H groups in total. The number of benzene rings is 1. The summed E-state index contributed by atoms with van der Waals surface area (Å²) in [6.07, 6.45) is -4.26. The summed E-state index contributed by atoms with van der Waals surface area (Å²) in [6, 6.07) is 6.84. The average molecular weight is 256 g/mol. The first-order valence-electron chi connectivity index (χ1n) is 6.01. The number of aryl methyl sites for hydroxylation is 1. The molecule has 0 bridgehead atoms. The summed E-state index contributed by atoms with van der Waals surface area (Å²) in [4.78, 5) is 12.0. The highest BCUT2D eigenvalue weighted by atomic mass is 19.4. The van der Waals surface area contributed by atoms with Crippen LogP contribution in [0.1, 0.15) is 36.8 Å². The summed E-state index contributed by atoms with van der Waals surface area (Å²) in [5.74, 6) is -0.274. The molecular weight excluding hydrogens is 241 g/mol. The zero-order valence-electron chi connectivity index (χ0n) is 10.2. The molecule has 1 fully saturated rings.